The topological polar surface area (TPSA) is 30.7 Å². The zero-order valence-electron chi connectivity index (χ0n) is 12.4. The van der Waals surface area contributed by atoms with Crippen molar-refractivity contribution in [1.82, 2.24) is 14.5 Å². The summed E-state index contributed by atoms with van der Waals surface area (Å²) in [5.74, 6) is 0.588. The molecule has 0 radical (unpaired) electrons. The third-order valence-electron chi connectivity index (χ3n) is 3.80. The highest BCUT2D eigenvalue weighted by atomic mass is 19.1. The van der Waals surface area contributed by atoms with Crippen LogP contribution in [0.3, 0.4) is 0 Å². The van der Waals surface area contributed by atoms with E-state index < -0.39 is 0 Å². The first-order valence-corrected chi connectivity index (χ1v) is 7.42. The number of imidazole rings is 1. The van der Waals surface area contributed by atoms with Gasteiger partial charge >= 0.3 is 0 Å². The van der Waals surface area contributed by atoms with Crippen LogP contribution in [0.25, 0.3) is 22.6 Å². The highest BCUT2D eigenvalue weighted by Gasteiger charge is 2.13. The van der Waals surface area contributed by atoms with E-state index in [1.54, 1.807) is 18.3 Å². The number of benzene rings is 2. The molecular weight excluding hydrogens is 289 g/mol. The van der Waals surface area contributed by atoms with E-state index in [-0.39, 0.29) is 5.82 Å². The number of fused-ring (bicyclic) bond motifs is 1. The van der Waals surface area contributed by atoms with Crippen molar-refractivity contribution < 1.29 is 4.39 Å². The van der Waals surface area contributed by atoms with E-state index in [0.29, 0.717) is 6.54 Å². The lowest BCUT2D eigenvalue weighted by Gasteiger charge is -2.09. The van der Waals surface area contributed by atoms with Gasteiger partial charge in [-0.3, -0.25) is 4.98 Å². The predicted molar refractivity (Wildman–Crippen MR) is 88.5 cm³/mol. The highest BCUT2D eigenvalue weighted by Crippen LogP contribution is 2.24. The molecule has 0 spiro atoms. The lowest BCUT2D eigenvalue weighted by Crippen LogP contribution is -2.03. The minimum Gasteiger partial charge on any atom is -0.318 e. The average molecular weight is 303 g/mol. The fraction of sp³-hybridized carbons (Fsp3) is 0.0526. The van der Waals surface area contributed by atoms with Gasteiger partial charge in [0.2, 0.25) is 0 Å². The molecule has 4 heteroatoms. The Kier molecular flexibility index (Phi) is 3.35. The molecule has 0 aliphatic rings. The minimum atomic E-state index is -0.228. The van der Waals surface area contributed by atoms with Gasteiger partial charge in [-0.25, -0.2) is 9.37 Å². The van der Waals surface area contributed by atoms with Crippen molar-refractivity contribution in [2.45, 2.75) is 6.54 Å². The maximum atomic E-state index is 13.1. The van der Waals surface area contributed by atoms with Gasteiger partial charge in [0.25, 0.3) is 0 Å². The van der Waals surface area contributed by atoms with Gasteiger partial charge in [-0.1, -0.05) is 30.3 Å². The van der Waals surface area contributed by atoms with Gasteiger partial charge in [0, 0.05) is 12.7 Å². The molecule has 23 heavy (non-hydrogen) atoms. The average Bonchev–Trinajstić information content (AvgIpc) is 2.96. The second kappa shape index (κ2) is 5.65. The first-order chi connectivity index (χ1) is 11.3. The van der Waals surface area contributed by atoms with Gasteiger partial charge < -0.3 is 4.57 Å². The van der Waals surface area contributed by atoms with Crippen molar-refractivity contribution in [2.24, 2.45) is 0 Å². The molecule has 0 unspecified atom stereocenters. The zero-order chi connectivity index (χ0) is 15.6. The molecule has 0 aliphatic heterocycles. The number of halogens is 1. The van der Waals surface area contributed by atoms with Gasteiger partial charge in [-0.15, -0.1) is 0 Å². The molecule has 2 heterocycles. The molecule has 4 aromatic rings. The molecule has 0 fully saturated rings. The molecule has 0 aliphatic carbocycles. The molecule has 112 valence electrons. The van der Waals surface area contributed by atoms with Crippen LogP contribution < -0.4 is 0 Å². The first-order valence-electron chi connectivity index (χ1n) is 7.42. The van der Waals surface area contributed by atoms with E-state index in [9.17, 15) is 4.39 Å². The van der Waals surface area contributed by atoms with Crippen molar-refractivity contribution in [2.75, 3.05) is 0 Å². The smallest absolute Gasteiger partial charge is 0.160 e. The number of rotatable bonds is 3. The van der Waals surface area contributed by atoms with E-state index in [1.807, 2.05) is 42.5 Å². The van der Waals surface area contributed by atoms with Gasteiger partial charge in [0.1, 0.15) is 11.5 Å². The van der Waals surface area contributed by atoms with Crippen molar-refractivity contribution in [1.29, 1.82) is 0 Å². The normalized spacial score (nSPS) is 11.0. The van der Waals surface area contributed by atoms with Gasteiger partial charge in [0.15, 0.2) is 5.82 Å². The van der Waals surface area contributed by atoms with E-state index in [0.717, 1.165) is 28.1 Å². The predicted octanol–water partition coefficient (Wildman–Crippen LogP) is 4.29. The summed E-state index contributed by atoms with van der Waals surface area (Å²) < 4.78 is 15.2. The Morgan fingerprint density at radius 1 is 0.870 bits per heavy atom. The van der Waals surface area contributed by atoms with Gasteiger partial charge in [-0.2, -0.15) is 0 Å². The third kappa shape index (κ3) is 2.59. The Bertz CT molecular complexity index is 943. The van der Waals surface area contributed by atoms with Crippen LogP contribution in [0.1, 0.15) is 5.56 Å². The lowest BCUT2D eigenvalue weighted by atomic mass is 10.2. The Hall–Kier alpha value is -3.01. The van der Waals surface area contributed by atoms with E-state index in [4.69, 9.17) is 4.98 Å². The molecule has 0 saturated heterocycles. The summed E-state index contributed by atoms with van der Waals surface area (Å²) in [6.45, 7) is 0.618. The van der Waals surface area contributed by atoms with Crippen molar-refractivity contribution in [3.8, 4) is 11.5 Å². The van der Waals surface area contributed by atoms with Crippen LogP contribution in [0.2, 0.25) is 0 Å². The molecule has 0 atom stereocenters. The zero-order valence-corrected chi connectivity index (χ0v) is 12.4. The summed E-state index contributed by atoms with van der Waals surface area (Å²) in [5, 5.41) is 0. The Morgan fingerprint density at radius 2 is 1.65 bits per heavy atom. The van der Waals surface area contributed by atoms with E-state index in [1.165, 1.54) is 12.1 Å². The Balaban J connectivity index is 1.87. The minimum absolute atomic E-state index is 0.228. The second-order valence-electron chi connectivity index (χ2n) is 5.35. The number of aromatic nitrogens is 3. The van der Waals surface area contributed by atoms with Crippen LogP contribution in [0.4, 0.5) is 4.39 Å². The largest absolute Gasteiger partial charge is 0.318 e. The maximum absolute atomic E-state index is 13.1. The van der Waals surface area contributed by atoms with Gasteiger partial charge in [-0.05, 0) is 42.0 Å². The standard InChI is InChI=1S/C19H14FN3/c20-15-10-8-14(9-11-15)13-23-18-7-2-1-5-16(18)22-19(23)17-6-3-4-12-21-17/h1-12H,13H2. The number of hydrogen-bond acceptors (Lipinski definition) is 2. The third-order valence-corrected chi connectivity index (χ3v) is 3.80. The molecule has 0 amide bonds. The summed E-state index contributed by atoms with van der Waals surface area (Å²) in [6, 6.07) is 20.3. The van der Waals surface area contributed by atoms with Crippen molar-refractivity contribution in [3.63, 3.8) is 0 Å². The highest BCUT2D eigenvalue weighted by molar-refractivity contribution is 5.80. The first kappa shape index (κ1) is 13.6. The second-order valence-corrected chi connectivity index (χ2v) is 5.35. The van der Waals surface area contributed by atoms with Crippen LogP contribution in [-0.2, 0) is 6.54 Å². The summed E-state index contributed by atoms with van der Waals surface area (Å²) in [4.78, 5) is 9.14. The maximum Gasteiger partial charge on any atom is 0.160 e. The van der Waals surface area contributed by atoms with E-state index >= 15 is 0 Å². The Morgan fingerprint density at radius 3 is 2.43 bits per heavy atom. The lowest BCUT2D eigenvalue weighted by molar-refractivity contribution is 0.626. The molecule has 4 rings (SSSR count). The van der Waals surface area contributed by atoms with Crippen LogP contribution >= 0.6 is 0 Å². The summed E-state index contributed by atoms with van der Waals surface area (Å²) >= 11 is 0. The number of nitrogens with zero attached hydrogens (tertiary/aromatic N) is 3. The Labute approximate surface area is 133 Å². The quantitative estimate of drug-likeness (QED) is 0.565. The van der Waals surface area contributed by atoms with Crippen LogP contribution in [0.5, 0.6) is 0 Å². The van der Waals surface area contributed by atoms with Crippen LogP contribution in [0.15, 0.2) is 72.9 Å². The van der Waals surface area contributed by atoms with E-state index in [2.05, 4.69) is 9.55 Å². The summed E-state index contributed by atoms with van der Waals surface area (Å²) in [5.41, 5.74) is 3.81. The summed E-state index contributed by atoms with van der Waals surface area (Å²) in [6.07, 6.45) is 1.76. The number of hydrogen-bond donors (Lipinski definition) is 0. The van der Waals surface area contributed by atoms with Crippen LogP contribution in [-0.4, -0.2) is 14.5 Å². The van der Waals surface area contributed by atoms with Crippen LogP contribution in [0, 0.1) is 5.82 Å². The summed E-state index contributed by atoms with van der Waals surface area (Å²) in [7, 11) is 0. The van der Waals surface area contributed by atoms with Crippen molar-refractivity contribution >= 4 is 11.0 Å². The molecule has 3 nitrogen and oxygen atoms in total. The van der Waals surface area contributed by atoms with Gasteiger partial charge in [0.05, 0.1) is 11.0 Å². The SMILES string of the molecule is Fc1ccc(Cn2c(-c3ccccn3)nc3ccccc32)cc1. The number of pyridine rings is 1. The molecule has 2 aromatic carbocycles. The molecule has 0 N–H and O–H groups in total. The fourth-order valence-electron chi connectivity index (χ4n) is 2.70. The molecular formula is C19H14FN3. The number of para-hydroxylation sites is 2. The monoisotopic (exact) mass is 303 g/mol. The van der Waals surface area contributed by atoms with Crippen molar-refractivity contribution in [3.05, 3.63) is 84.3 Å². The molecule has 0 bridgehead atoms. The molecule has 0 saturated carbocycles. The fourth-order valence-corrected chi connectivity index (χ4v) is 2.70. The molecule has 2 aromatic heterocycles.